The SMILES string of the molecule is CCCCCCCCCCCCCC(=S)NCCCC[C@H](NC(=O)[C@H](CCCN=C(N)N)NC(=O)[C@H](C)N)C(=O)N[C@@H](CO)C(=O)N[C@H](C(N)=O)C(C)O. The van der Waals surface area contributed by atoms with Crippen LogP contribution in [0.25, 0.3) is 0 Å². The fourth-order valence-corrected chi connectivity index (χ4v) is 5.75. The Kier molecular flexibility index (Phi) is 28.6. The van der Waals surface area contributed by atoms with Crippen LogP contribution in [0, 0.1) is 0 Å². The summed E-state index contributed by atoms with van der Waals surface area (Å²) >= 11 is 5.51. The third kappa shape index (κ3) is 24.7. The number of guanidine groups is 1. The molecule has 0 saturated carbocycles. The van der Waals surface area contributed by atoms with Crippen molar-refractivity contribution in [2.75, 3.05) is 19.7 Å². The molecule has 1 unspecified atom stereocenters. The number of rotatable bonds is 32. The smallest absolute Gasteiger partial charge is 0.245 e. The average Bonchev–Trinajstić information content (AvgIpc) is 3.11. The van der Waals surface area contributed by atoms with Crippen molar-refractivity contribution in [1.82, 2.24) is 26.6 Å². The van der Waals surface area contributed by atoms with Gasteiger partial charge in [-0.1, -0.05) is 83.3 Å². The molecule has 0 rings (SSSR count). The minimum absolute atomic E-state index is 0.116. The van der Waals surface area contributed by atoms with Crippen molar-refractivity contribution in [3.63, 3.8) is 0 Å². The van der Waals surface area contributed by atoms with Gasteiger partial charge in [-0.15, -0.1) is 0 Å². The average molecular weight is 787 g/mol. The zero-order valence-corrected chi connectivity index (χ0v) is 33.5. The van der Waals surface area contributed by atoms with Crippen molar-refractivity contribution in [2.45, 2.75) is 166 Å². The molecule has 0 fully saturated rings. The van der Waals surface area contributed by atoms with E-state index in [9.17, 15) is 34.2 Å². The first-order chi connectivity index (χ1) is 25.6. The van der Waals surface area contributed by atoms with E-state index in [1.54, 1.807) is 0 Å². The lowest BCUT2D eigenvalue weighted by Crippen LogP contribution is -2.60. The Morgan fingerprint density at radius 1 is 0.667 bits per heavy atom. The van der Waals surface area contributed by atoms with Crippen molar-refractivity contribution >= 4 is 52.7 Å². The van der Waals surface area contributed by atoms with E-state index >= 15 is 0 Å². The first-order valence-corrected chi connectivity index (χ1v) is 19.9. The molecule has 0 radical (unpaired) electrons. The zero-order valence-electron chi connectivity index (χ0n) is 32.7. The number of thiocarbonyl (C=S) groups is 1. The molecule has 0 aliphatic carbocycles. The standard InChI is InChI=1S/C36H70N10O7S/c1-4-5-6-7-8-9-10-11-12-13-14-20-29(54)41-21-16-15-18-26(34(52)45-28(23-47)35(53)46-30(25(3)48)31(38)49)44-33(51)27(43-32(50)24(2)37)19-17-22-42-36(39)40/h24-28,30,47-48H,4-23,37H2,1-3H3,(H2,38,49)(H,41,54)(H,43,50)(H,44,51)(H,45,52)(H,46,53)(H4,39,40,42)/t24-,25?,26-,27-,28-,30-/m0/s1. The Morgan fingerprint density at radius 2 is 1.15 bits per heavy atom. The summed E-state index contributed by atoms with van der Waals surface area (Å²) in [6.07, 6.45) is 14.8. The fraction of sp³-hybridized carbons (Fsp3) is 0.806. The normalized spacial score (nSPS) is 14.3. The second kappa shape index (κ2) is 30.7. The van der Waals surface area contributed by atoms with Crippen molar-refractivity contribution in [1.29, 1.82) is 0 Å². The number of aliphatic imine (C=N–C) groups is 1. The van der Waals surface area contributed by atoms with Gasteiger partial charge < -0.3 is 59.7 Å². The van der Waals surface area contributed by atoms with Crippen LogP contribution in [0.4, 0.5) is 0 Å². The summed E-state index contributed by atoms with van der Waals surface area (Å²) in [4.78, 5) is 68.6. The van der Waals surface area contributed by atoms with Gasteiger partial charge in [-0.05, 0) is 58.8 Å². The molecule has 0 saturated heterocycles. The molecular weight excluding hydrogens is 717 g/mol. The lowest BCUT2D eigenvalue weighted by molar-refractivity contribution is -0.135. The molecule has 17 nitrogen and oxygen atoms in total. The first kappa shape index (κ1) is 50.4. The molecule has 54 heavy (non-hydrogen) atoms. The van der Waals surface area contributed by atoms with Gasteiger partial charge in [0.05, 0.1) is 23.7 Å². The maximum absolute atomic E-state index is 13.5. The van der Waals surface area contributed by atoms with Gasteiger partial charge in [0.2, 0.25) is 29.5 Å². The summed E-state index contributed by atoms with van der Waals surface area (Å²) in [6.45, 7) is 4.80. The number of amides is 5. The van der Waals surface area contributed by atoms with Gasteiger partial charge in [0, 0.05) is 13.1 Å². The summed E-state index contributed by atoms with van der Waals surface area (Å²) in [5.41, 5.74) is 21.7. The maximum atomic E-state index is 13.5. The summed E-state index contributed by atoms with van der Waals surface area (Å²) in [5, 5.41) is 32.8. The van der Waals surface area contributed by atoms with Crippen LogP contribution in [0.15, 0.2) is 4.99 Å². The Labute approximate surface area is 326 Å². The van der Waals surface area contributed by atoms with Gasteiger partial charge in [0.25, 0.3) is 0 Å². The van der Waals surface area contributed by atoms with Gasteiger partial charge >= 0.3 is 0 Å². The van der Waals surface area contributed by atoms with Gasteiger partial charge in [-0.3, -0.25) is 29.0 Å². The molecule has 5 amide bonds. The van der Waals surface area contributed by atoms with E-state index in [1.807, 2.05) is 0 Å². The Balaban J connectivity index is 5.36. The van der Waals surface area contributed by atoms with E-state index < -0.39 is 72.5 Å². The molecule has 6 atom stereocenters. The second-order valence-corrected chi connectivity index (χ2v) is 14.4. The third-order valence-corrected chi connectivity index (χ3v) is 9.12. The topological polar surface area (TPSA) is 302 Å². The molecule has 0 aliphatic heterocycles. The summed E-state index contributed by atoms with van der Waals surface area (Å²) in [5.74, 6) is -4.20. The largest absolute Gasteiger partial charge is 0.394 e. The Morgan fingerprint density at radius 3 is 1.63 bits per heavy atom. The van der Waals surface area contributed by atoms with E-state index in [4.69, 9.17) is 35.2 Å². The van der Waals surface area contributed by atoms with Crippen molar-refractivity contribution in [3.05, 3.63) is 0 Å². The highest BCUT2D eigenvalue weighted by atomic mass is 32.1. The third-order valence-electron chi connectivity index (χ3n) is 8.78. The van der Waals surface area contributed by atoms with Crippen LogP contribution in [-0.2, 0) is 24.0 Å². The van der Waals surface area contributed by atoms with Gasteiger partial charge in [0.15, 0.2) is 5.96 Å². The lowest BCUT2D eigenvalue weighted by Gasteiger charge is -2.26. The number of aliphatic hydroxyl groups is 2. The molecule has 0 bridgehead atoms. The quantitative estimate of drug-likeness (QED) is 0.0186. The second-order valence-electron chi connectivity index (χ2n) is 13.9. The summed E-state index contributed by atoms with van der Waals surface area (Å²) in [6, 6.07) is -6.22. The molecule has 0 aromatic carbocycles. The van der Waals surface area contributed by atoms with Gasteiger partial charge in [-0.25, -0.2) is 0 Å². The monoisotopic (exact) mass is 787 g/mol. The number of nitrogens with two attached hydrogens (primary N) is 4. The van der Waals surface area contributed by atoms with E-state index in [2.05, 4.69) is 38.5 Å². The van der Waals surface area contributed by atoms with E-state index in [0.29, 0.717) is 25.8 Å². The number of hydrogen-bond donors (Lipinski definition) is 11. The number of nitrogens with one attached hydrogen (secondary N) is 5. The highest BCUT2D eigenvalue weighted by molar-refractivity contribution is 7.80. The zero-order chi connectivity index (χ0) is 40.9. The molecule has 15 N–H and O–H groups in total. The molecule has 0 heterocycles. The van der Waals surface area contributed by atoms with Crippen molar-refractivity contribution in [2.24, 2.45) is 27.9 Å². The van der Waals surface area contributed by atoms with Crippen LogP contribution in [0.5, 0.6) is 0 Å². The molecular formula is C36H70N10O7S. The van der Waals surface area contributed by atoms with Crippen LogP contribution in [-0.4, -0.2) is 107 Å². The number of carbonyl (C=O) groups is 5. The van der Waals surface area contributed by atoms with E-state index in [0.717, 1.165) is 24.3 Å². The number of primary amides is 1. The van der Waals surface area contributed by atoms with Crippen LogP contribution in [0.3, 0.4) is 0 Å². The minimum Gasteiger partial charge on any atom is -0.394 e. The maximum Gasteiger partial charge on any atom is 0.245 e. The van der Waals surface area contributed by atoms with Crippen LogP contribution in [0.2, 0.25) is 0 Å². The minimum atomic E-state index is -1.54. The number of hydrogen-bond acceptors (Lipinski definition) is 10. The van der Waals surface area contributed by atoms with E-state index in [1.165, 1.54) is 71.6 Å². The Bertz CT molecular complexity index is 1150. The molecule has 0 aliphatic rings. The highest BCUT2D eigenvalue weighted by Crippen LogP contribution is 2.12. The van der Waals surface area contributed by atoms with Crippen molar-refractivity contribution < 1.29 is 34.2 Å². The van der Waals surface area contributed by atoms with Gasteiger partial charge in [-0.2, -0.15) is 0 Å². The molecule has 0 spiro atoms. The number of unbranched alkanes of at least 4 members (excludes halogenated alkanes) is 11. The lowest BCUT2D eigenvalue weighted by atomic mass is 10.0. The predicted molar refractivity (Wildman–Crippen MR) is 215 cm³/mol. The molecule has 18 heteroatoms. The van der Waals surface area contributed by atoms with Crippen LogP contribution < -0.4 is 49.5 Å². The fourth-order valence-electron chi connectivity index (χ4n) is 5.51. The van der Waals surface area contributed by atoms with Crippen LogP contribution in [0.1, 0.15) is 130 Å². The highest BCUT2D eigenvalue weighted by Gasteiger charge is 2.32. The first-order valence-electron chi connectivity index (χ1n) is 19.5. The van der Waals surface area contributed by atoms with Gasteiger partial charge in [0.1, 0.15) is 24.2 Å². The summed E-state index contributed by atoms with van der Waals surface area (Å²) < 4.78 is 0. The summed E-state index contributed by atoms with van der Waals surface area (Å²) in [7, 11) is 0. The molecule has 0 aromatic heterocycles. The number of nitrogens with zero attached hydrogens (tertiary/aromatic N) is 1. The van der Waals surface area contributed by atoms with Crippen molar-refractivity contribution in [3.8, 4) is 0 Å². The number of aliphatic hydroxyl groups excluding tert-OH is 2. The predicted octanol–water partition coefficient (Wildman–Crippen LogP) is -0.0268. The van der Waals surface area contributed by atoms with Crippen LogP contribution >= 0.6 is 12.2 Å². The Hall–Kier alpha value is -3.61. The molecule has 0 aromatic rings. The number of carbonyl (C=O) groups excluding carboxylic acids is 5. The van der Waals surface area contributed by atoms with E-state index in [-0.39, 0.29) is 25.3 Å². The molecule has 312 valence electrons.